The van der Waals surface area contributed by atoms with Crippen LogP contribution in [0.5, 0.6) is 0 Å². The second kappa shape index (κ2) is 4.49. The largest absolute Gasteiger partial charge is 0.474 e. The zero-order valence-electron chi connectivity index (χ0n) is 7.24. The van der Waals surface area contributed by atoms with Gasteiger partial charge >= 0.3 is 30.5 Å². The molecule has 0 bridgehead atoms. The van der Waals surface area contributed by atoms with Gasteiger partial charge in [0.05, 0.1) is 0 Å². The lowest BCUT2D eigenvalue weighted by atomic mass is 10.1. The van der Waals surface area contributed by atoms with Gasteiger partial charge in [0.2, 0.25) is 0 Å². The predicted molar refractivity (Wildman–Crippen MR) is 30.6 cm³/mol. The fourth-order valence-electron chi connectivity index (χ4n) is 0.522. The zero-order valence-corrected chi connectivity index (χ0v) is 7.24. The number of carbonyl (C=O) groups excluding carboxylic acids is 1. The number of rotatable bonds is 4. The van der Waals surface area contributed by atoms with Crippen LogP contribution in [0.4, 0.5) is 44.4 Å². The van der Waals surface area contributed by atoms with E-state index >= 15 is 0 Å². The molecule has 1 radical (unpaired) electrons. The average Bonchev–Trinajstić information content (AvgIpc) is 2.15. The van der Waals surface area contributed by atoms with Gasteiger partial charge in [-0.05, 0) is 5.54 Å². The smallest absolute Gasteiger partial charge is 0.376 e. The molecule has 0 saturated carbocycles. The van der Waals surface area contributed by atoms with E-state index in [1.165, 1.54) is 0 Å². The van der Waals surface area contributed by atoms with Crippen molar-refractivity contribution < 1.29 is 49.1 Å². The first-order valence-corrected chi connectivity index (χ1v) is 3.36. The number of amides is 1. The van der Waals surface area contributed by atoms with Crippen molar-refractivity contribution in [3.8, 4) is 0 Å². The molecule has 0 aliphatic carbocycles. The molecule has 0 spiro atoms. The summed E-state index contributed by atoms with van der Waals surface area (Å²) >= 11 is 0. The van der Waals surface area contributed by atoms with E-state index in [0.29, 0.717) is 0 Å². The molecule has 0 fully saturated rings. The second-order valence-corrected chi connectivity index (χ2v) is 2.47. The number of halogens is 9. The highest BCUT2D eigenvalue weighted by Crippen LogP contribution is 2.48. The standard InChI is InChI=1S/C5HF9NO2/c6-1(7)3(8,9)4(10,11)5(12,13)17-2(16)15-14/h1H. The van der Waals surface area contributed by atoms with E-state index in [-0.39, 0.29) is 0 Å². The van der Waals surface area contributed by atoms with Crippen LogP contribution in [0.1, 0.15) is 0 Å². The van der Waals surface area contributed by atoms with Gasteiger partial charge in [-0.2, -0.15) is 26.3 Å². The van der Waals surface area contributed by atoms with E-state index in [9.17, 15) is 44.4 Å². The van der Waals surface area contributed by atoms with Crippen molar-refractivity contribution >= 4 is 6.09 Å². The van der Waals surface area contributed by atoms with E-state index in [2.05, 4.69) is 4.74 Å². The number of carbonyl (C=O) groups is 1. The maximum absolute atomic E-state index is 12.3. The van der Waals surface area contributed by atoms with Crippen LogP contribution in [0.25, 0.3) is 0 Å². The van der Waals surface area contributed by atoms with Crippen molar-refractivity contribution in [2.45, 2.75) is 24.4 Å². The second-order valence-electron chi connectivity index (χ2n) is 2.47. The third-order valence-electron chi connectivity index (χ3n) is 1.34. The van der Waals surface area contributed by atoms with Gasteiger partial charge in [-0.15, -0.1) is 0 Å². The van der Waals surface area contributed by atoms with Crippen molar-refractivity contribution in [3.63, 3.8) is 0 Å². The van der Waals surface area contributed by atoms with Crippen LogP contribution in [0, 0.1) is 0 Å². The van der Waals surface area contributed by atoms with Crippen molar-refractivity contribution in [2.24, 2.45) is 0 Å². The summed E-state index contributed by atoms with van der Waals surface area (Å²) in [5.74, 6) is -13.2. The van der Waals surface area contributed by atoms with Crippen LogP contribution < -0.4 is 5.54 Å². The van der Waals surface area contributed by atoms with Crippen LogP contribution in [-0.2, 0) is 4.74 Å². The van der Waals surface area contributed by atoms with E-state index in [4.69, 9.17) is 0 Å². The first-order chi connectivity index (χ1) is 7.40. The van der Waals surface area contributed by atoms with Gasteiger partial charge in [-0.3, -0.25) is 0 Å². The van der Waals surface area contributed by atoms with E-state index in [1.807, 2.05) is 0 Å². The molecule has 0 N–H and O–H groups in total. The van der Waals surface area contributed by atoms with Gasteiger partial charge in [0, 0.05) is 0 Å². The lowest BCUT2D eigenvalue weighted by molar-refractivity contribution is -0.397. The summed E-state index contributed by atoms with van der Waals surface area (Å²) in [6.07, 6.45) is -14.5. The third-order valence-corrected chi connectivity index (χ3v) is 1.34. The molecule has 0 unspecified atom stereocenters. The first-order valence-electron chi connectivity index (χ1n) is 3.36. The predicted octanol–water partition coefficient (Wildman–Crippen LogP) is 2.74. The Kier molecular flexibility index (Phi) is 4.13. The minimum Gasteiger partial charge on any atom is -0.376 e. The van der Waals surface area contributed by atoms with Gasteiger partial charge in [-0.1, -0.05) is 4.48 Å². The van der Waals surface area contributed by atoms with Crippen LogP contribution in [0.2, 0.25) is 0 Å². The molecular weight excluding hydrogens is 277 g/mol. The SMILES string of the molecule is O=C([N]F)OC(F)(F)C(F)(F)C(F)(F)C(F)F. The zero-order chi connectivity index (χ0) is 14.1. The molecule has 3 nitrogen and oxygen atoms in total. The van der Waals surface area contributed by atoms with Crippen LogP contribution in [0.3, 0.4) is 0 Å². The van der Waals surface area contributed by atoms with Gasteiger partial charge < -0.3 is 4.74 Å². The summed E-state index contributed by atoms with van der Waals surface area (Å²) in [5, 5.41) is 0. The number of alkyl halides is 8. The molecule has 0 rings (SSSR count). The summed E-state index contributed by atoms with van der Waals surface area (Å²) in [6, 6.07) is 0. The Bertz CT molecular complexity index is 291. The molecule has 0 saturated heterocycles. The summed E-state index contributed by atoms with van der Waals surface area (Å²) in [4.78, 5) is 9.76. The molecule has 0 aliphatic rings. The van der Waals surface area contributed by atoms with Crippen molar-refractivity contribution in [3.05, 3.63) is 0 Å². The Balaban J connectivity index is 5.22. The molecule has 0 aromatic carbocycles. The van der Waals surface area contributed by atoms with Crippen LogP contribution >= 0.6 is 0 Å². The highest BCUT2D eigenvalue weighted by Gasteiger charge is 2.78. The lowest BCUT2D eigenvalue weighted by Crippen LogP contribution is -2.59. The van der Waals surface area contributed by atoms with Gasteiger partial charge in [0.25, 0.3) is 0 Å². The normalized spacial score (nSPS) is 13.8. The Morgan fingerprint density at radius 3 is 1.76 bits per heavy atom. The number of ether oxygens (including phenoxy) is 1. The van der Waals surface area contributed by atoms with Crippen LogP contribution in [0.15, 0.2) is 0 Å². The molecule has 0 aliphatic heterocycles. The van der Waals surface area contributed by atoms with Gasteiger partial charge in [0.1, 0.15) is 0 Å². The number of hydrogen-bond donors (Lipinski definition) is 0. The lowest BCUT2D eigenvalue weighted by Gasteiger charge is -2.30. The topological polar surface area (TPSA) is 40.4 Å². The van der Waals surface area contributed by atoms with Crippen molar-refractivity contribution in [1.29, 1.82) is 0 Å². The van der Waals surface area contributed by atoms with E-state index in [1.54, 1.807) is 0 Å². The fourth-order valence-corrected chi connectivity index (χ4v) is 0.522. The molecule has 17 heavy (non-hydrogen) atoms. The molecule has 0 aromatic heterocycles. The molecule has 0 heterocycles. The molecule has 0 aromatic rings. The molecule has 101 valence electrons. The third kappa shape index (κ3) is 2.66. The molecular formula is C5HF9NO2. The highest BCUT2D eigenvalue weighted by molar-refractivity contribution is 5.65. The Hall–Kier alpha value is -1.36. The summed E-state index contributed by atoms with van der Waals surface area (Å²) in [6.45, 7) is 0. The maximum atomic E-state index is 12.3. The number of nitrogens with zero attached hydrogens (tertiary/aromatic N) is 1. The van der Waals surface area contributed by atoms with E-state index in [0.717, 1.165) is 5.54 Å². The average molecular weight is 278 g/mol. The molecule has 0 atom stereocenters. The fraction of sp³-hybridized carbons (Fsp3) is 0.800. The Morgan fingerprint density at radius 2 is 1.47 bits per heavy atom. The summed E-state index contributed by atoms with van der Waals surface area (Å²) in [7, 11) is 0. The van der Waals surface area contributed by atoms with Crippen molar-refractivity contribution in [1.82, 2.24) is 5.54 Å². The highest BCUT2D eigenvalue weighted by atomic mass is 19.4. The summed E-state index contributed by atoms with van der Waals surface area (Å²) in [5.41, 5.74) is 0.807. The van der Waals surface area contributed by atoms with Crippen molar-refractivity contribution in [2.75, 3.05) is 0 Å². The quantitative estimate of drug-likeness (QED) is 0.742. The first kappa shape index (κ1) is 15.6. The van der Waals surface area contributed by atoms with Gasteiger partial charge in [0.15, 0.2) is 0 Å². The van der Waals surface area contributed by atoms with Gasteiger partial charge in [-0.25, -0.2) is 13.6 Å². The molecule has 12 heteroatoms. The van der Waals surface area contributed by atoms with E-state index < -0.39 is 30.5 Å². The minimum absolute atomic E-state index is 0.807. The summed E-state index contributed by atoms with van der Waals surface area (Å²) < 4.78 is 109. The minimum atomic E-state index is -6.74. The number of hydrogen-bond acceptors (Lipinski definition) is 2. The maximum Gasteiger partial charge on any atom is 0.474 e. The Morgan fingerprint density at radius 1 is 1.06 bits per heavy atom. The monoisotopic (exact) mass is 278 g/mol. The Labute approximate surface area is 86.4 Å². The van der Waals surface area contributed by atoms with Crippen LogP contribution in [-0.4, -0.2) is 30.5 Å². The molecule has 1 amide bonds.